The molecule has 3 saturated carbocycles. The normalized spacial score (nSPS) is 40.4. The number of amides is 2. The molecule has 1 aromatic rings. The summed E-state index contributed by atoms with van der Waals surface area (Å²) in [6.45, 7) is 4.81. The third kappa shape index (κ3) is 3.41. The van der Waals surface area contributed by atoms with Gasteiger partial charge in [0.25, 0.3) is 0 Å². The van der Waals surface area contributed by atoms with Crippen molar-refractivity contribution in [2.75, 3.05) is 7.05 Å². The lowest BCUT2D eigenvalue weighted by Gasteiger charge is -2.60. The lowest BCUT2D eigenvalue weighted by Crippen LogP contribution is -2.60. The Balaban J connectivity index is 1.31. The first-order valence-corrected chi connectivity index (χ1v) is 12.6. The first-order valence-electron chi connectivity index (χ1n) is 12.2. The largest absolute Gasteiger partial charge is 0.353 e. The zero-order valence-corrected chi connectivity index (χ0v) is 20.2. The Morgan fingerprint density at radius 1 is 1.16 bits per heavy atom. The first kappa shape index (κ1) is 22.0. The Kier molecular flexibility index (Phi) is 5.43. The highest BCUT2D eigenvalue weighted by Gasteiger charge is 2.60. The van der Waals surface area contributed by atoms with Gasteiger partial charge in [-0.3, -0.25) is 9.59 Å². The van der Waals surface area contributed by atoms with E-state index in [2.05, 4.69) is 25.2 Å². The molecule has 4 nitrogen and oxygen atoms in total. The molecule has 0 saturated heterocycles. The molecule has 0 aromatic heterocycles. The van der Waals surface area contributed by atoms with Gasteiger partial charge >= 0.3 is 0 Å². The quantitative estimate of drug-likeness (QED) is 0.698. The van der Waals surface area contributed by atoms with Crippen molar-refractivity contribution in [1.29, 1.82) is 0 Å². The number of hydrogen-bond donors (Lipinski definition) is 1. The molecule has 7 atom stereocenters. The van der Waals surface area contributed by atoms with Gasteiger partial charge in [0.05, 0.1) is 6.42 Å². The molecule has 0 radical (unpaired) electrons. The van der Waals surface area contributed by atoms with E-state index >= 15 is 0 Å². The van der Waals surface area contributed by atoms with Gasteiger partial charge < -0.3 is 10.2 Å². The number of hydrogen-bond acceptors (Lipinski definition) is 2. The summed E-state index contributed by atoms with van der Waals surface area (Å²) >= 11 is 6.10. The number of carbonyl (C=O) groups is 2. The van der Waals surface area contributed by atoms with Crippen LogP contribution in [0, 0.1) is 28.6 Å². The molecule has 1 aromatic carbocycles. The first-order chi connectivity index (χ1) is 15.2. The molecule has 3 fully saturated rings. The van der Waals surface area contributed by atoms with E-state index in [1.165, 1.54) is 19.3 Å². The third-order valence-electron chi connectivity index (χ3n) is 9.72. The highest BCUT2D eigenvalue weighted by molar-refractivity contribution is 6.30. The van der Waals surface area contributed by atoms with Gasteiger partial charge in [-0.25, -0.2) is 0 Å². The zero-order valence-electron chi connectivity index (χ0n) is 19.4. The molecule has 32 heavy (non-hydrogen) atoms. The Morgan fingerprint density at radius 2 is 1.97 bits per heavy atom. The van der Waals surface area contributed by atoms with Crippen LogP contribution in [0.15, 0.2) is 36.4 Å². The van der Waals surface area contributed by atoms with Gasteiger partial charge in [0.1, 0.15) is 0 Å². The molecule has 1 aliphatic heterocycles. The van der Waals surface area contributed by atoms with Crippen LogP contribution in [0.1, 0.15) is 57.9 Å². The standard InChI is InChI=1S/C27H35ClN2O2/c1-26-13-11-21-19(7-10-23-27(21,2)14-12-25(32)30(23)3)20(26)8-9-22(26)29-24(31)16-17-5-4-6-18(28)15-17/h4-6,12,14-15,19-23H,7-11,13,16H2,1-3H3,(H,29,31)/t19-,20-,21-,22-,23+,26-,27+/m0/s1. The number of nitrogens with one attached hydrogen (secondary N) is 1. The van der Waals surface area contributed by atoms with Crippen LogP contribution in [0.2, 0.25) is 5.02 Å². The minimum Gasteiger partial charge on any atom is -0.353 e. The van der Waals surface area contributed by atoms with Crippen LogP contribution >= 0.6 is 11.6 Å². The molecule has 172 valence electrons. The van der Waals surface area contributed by atoms with Gasteiger partial charge in [0.15, 0.2) is 0 Å². The zero-order chi connectivity index (χ0) is 22.7. The predicted octanol–water partition coefficient (Wildman–Crippen LogP) is 5.01. The summed E-state index contributed by atoms with van der Waals surface area (Å²) in [6.07, 6.45) is 11.3. The van der Waals surface area contributed by atoms with Gasteiger partial charge in [-0.2, -0.15) is 0 Å². The van der Waals surface area contributed by atoms with E-state index in [4.69, 9.17) is 11.6 Å². The molecule has 2 amide bonds. The summed E-state index contributed by atoms with van der Waals surface area (Å²) in [5.41, 5.74) is 1.20. The molecule has 0 unspecified atom stereocenters. The topological polar surface area (TPSA) is 49.4 Å². The van der Waals surface area contributed by atoms with Crippen LogP contribution in [0.3, 0.4) is 0 Å². The van der Waals surface area contributed by atoms with Crippen LogP contribution in [0.5, 0.6) is 0 Å². The van der Waals surface area contributed by atoms with Crippen LogP contribution < -0.4 is 5.32 Å². The third-order valence-corrected chi connectivity index (χ3v) is 9.95. The number of benzene rings is 1. The molecule has 3 aliphatic carbocycles. The summed E-state index contributed by atoms with van der Waals surface area (Å²) in [6, 6.07) is 8.16. The maximum Gasteiger partial charge on any atom is 0.246 e. The average Bonchev–Trinajstić information content (AvgIpc) is 3.07. The molecular formula is C27H35ClN2O2. The number of fused-ring (bicyclic) bond motifs is 5. The van der Waals surface area contributed by atoms with Crippen molar-refractivity contribution in [3.8, 4) is 0 Å². The fraction of sp³-hybridized carbons (Fsp3) is 0.630. The van der Waals surface area contributed by atoms with Crippen molar-refractivity contribution < 1.29 is 9.59 Å². The van der Waals surface area contributed by atoms with Crippen LogP contribution in [0.4, 0.5) is 0 Å². The van der Waals surface area contributed by atoms with Gasteiger partial charge in [0, 0.05) is 29.6 Å². The molecule has 1 N–H and O–H groups in total. The minimum absolute atomic E-state index is 0.0703. The lowest BCUT2D eigenvalue weighted by molar-refractivity contribution is -0.138. The summed E-state index contributed by atoms with van der Waals surface area (Å²) < 4.78 is 0. The summed E-state index contributed by atoms with van der Waals surface area (Å²) in [5, 5.41) is 4.09. The number of halogens is 1. The smallest absolute Gasteiger partial charge is 0.246 e. The van der Waals surface area contributed by atoms with Gasteiger partial charge in [-0.05, 0) is 85.5 Å². The Morgan fingerprint density at radius 3 is 2.75 bits per heavy atom. The second-order valence-corrected chi connectivity index (χ2v) is 11.6. The highest BCUT2D eigenvalue weighted by atomic mass is 35.5. The second-order valence-electron chi connectivity index (χ2n) is 11.2. The SMILES string of the molecule is CN1C(=O)C=C[C@]2(C)[C@H]3CC[C@]4(C)[C@@H](NC(=O)Cc5cccc(Cl)c5)CC[C@H]4[C@@H]3CC[C@@H]12. The molecule has 5 heteroatoms. The number of carbonyl (C=O) groups excluding carboxylic acids is 2. The van der Waals surface area contributed by atoms with Crippen molar-refractivity contribution in [3.63, 3.8) is 0 Å². The van der Waals surface area contributed by atoms with Crippen molar-refractivity contribution in [3.05, 3.63) is 47.0 Å². The number of rotatable bonds is 3. The Labute approximate surface area is 196 Å². The maximum atomic E-state index is 12.9. The average molecular weight is 455 g/mol. The summed E-state index contributed by atoms with van der Waals surface area (Å²) in [4.78, 5) is 27.1. The number of nitrogens with zero attached hydrogens (tertiary/aromatic N) is 1. The van der Waals surface area contributed by atoms with Crippen molar-refractivity contribution >= 4 is 23.4 Å². The molecule has 0 bridgehead atoms. The van der Waals surface area contributed by atoms with Gasteiger partial charge in [0.2, 0.25) is 11.8 Å². The van der Waals surface area contributed by atoms with E-state index in [9.17, 15) is 9.59 Å². The van der Waals surface area contributed by atoms with E-state index in [1.54, 1.807) is 6.08 Å². The van der Waals surface area contributed by atoms with Crippen molar-refractivity contribution in [2.24, 2.45) is 28.6 Å². The Hall–Kier alpha value is -1.81. The molecule has 0 spiro atoms. The van der Waals surface area contributed by atoms with E-state index in [0.717, 1.165) is 24.8 Å². The number of likely N-dealkylation sites (N-methyl/N-ethyl adjacent to an activating group) is 1. The maximum absolute atomic E-state index is 12.9. The van der Waals surface area contributed by atoms with Crippen molar-refractivity contribution in [1.82, 2.24) is 10.2 Å². The van der Waals surface area contributed by atoms with E-state index < -0.39 is 0 Å². The van der Waals surface area contributed by atoms with E-state index in [-0.39, 0.29) is 28.7 Å². The second kappa shape index (κ2) is 7.90. The van der Waals surface area contributed by atoms with Gasteiger partial charge in [-0.15, -0.1) is 0 Å². The molecular weight excluding hydrogens is 420 g/mol. The minimum atomic E-state index is 0.0703. The fourth-order valence-electron chi connectivity index (χ4n) is 8.05. The Bertz CT molecular complexity index is 961. The van der Waals surface area contributed by atoms with Crippen LogP contribution in [-0.2, 0) is 16.0 Å². The van der Waals surface area contributed by atoms with Crippen molar-refractivity contribution in [2.45, 2.75) is 70.9 Å². The molecule has 1 heterocycles. The van der Waals surface area contributed by atoms with Crippen LogP contribution in [-0.4, -0.2) is 35.8 Å². The van der Waals surface area contributed by atoms with E-state index in [1.807, 2.05) is 36.2 Å². The lowest BCUT2D eigenvalue weighted by atomic mass is 9.48. The predicted molar refractivity (Wildman–Crippen MR) is 127 cm³/mol. The van der Waals surface area contributed by atoms with Gasteiger partial charge in [-0.1, -0.05) is 43.7 Å². The fourth-order valence-corrected chi connectivity index (χ4v) is 8.27. The van der Waals surface area contributed by atoms with Crippen LogP contribution in [0.25, 0.3) is 0 Å². The monoisotopic (exact) mass is 454 g/mol. The summed E-state index contributed by atoms with van der Waals surface area (Å²) in [7, 11) is 1.98. The highest BCUT2D eigenvalue weighted by Crippen LogP contribution is 2.63. The molecule has 4 aliphatic rings. The summed E-state index contributed by atoms with van der Waals surface area (Å²) in [5.74, 6) is 2.19. The van der Waals surface area contributed by atoms with E-state index in [0.29, 0.717) is 35.2 Å². The molecule has 5 rings (SSSR count).